The number of amidine groups is 1. The minimum Gasteiger partial charge on any atom is -0.481 e. The van der Waals surface area contributed by atoms with Gasteiger partial charge in [-0.1, -0.05) is 36.4 Å². The summed E-state index contributed by atoms with van der Waals surface area (Å²) in [6, 6.07) is 13.2. The van der Waals surface area contributed by atoms with Crippen molar-refractivity contribution in [1.29, 1.82) is 0 Å². The number of nitrogens with two attached hydrogens (primary N) is 1. The van der Waals surface area contributed by atoms with Crippen molar-refractivity contribution in [3.63, 3.8) is 0 Å². The van der Waals surface area contributed by atoms with Gasteiger partial charge in [0, 0.05) is 17.6 Å². The van der Waals surface area contributed by atoms with Crippen LogP contribution in [0.15, 0.2) is 53.0 Å². The number of hydrogen-bond acceptors (Lipinski definition) is 4. The second kappa shape index (κ2) is 6.73. The number of hydrogen-bond donors (Lipinski definition) is 2. The van der Waals surface area contributed by atoms with Crippen LogP contribution in [0, 0.1) is 0 Å². The van der Waals surface area contributed by atoms with E-state index < -0.39 is 5.97 Å². The van der Waals surface area contributed by atoms with Gasteiger partial charge in [-0.2, -0.15) is 0 Å². The standard InChI is InChI=1S/C20H18N2O3/c1-12(23)17-9-16-7-6-15(10-18(16)22-19(21)11-17)14-4-2-13(3-5-14)8-20(24)25/h2-7,9-10H,8,11H2,1H3,(H2,21,22)(H,24,25). The third kappa shape index (κ3) is 3.83. The smallest absolute Gasteiger partial charge is 0.307 e. The molecular weight excluding hydrogens is 316 g/mol. The average Bonchev–Trinajstić information content (AvgIpc) is 2.72. The van der Waals surface area contributed by atoms with Gasteiger partial charge in [-0.15, -0.1) is 0 Å². The molecule has 0 saturated carbocycles. The van der Waals surface area contributed by atoms with Crippen molar-refractivity contribution in [2.75, 3.05) is 0 Å². The van der Waals surface area contributed by atoms with Gasteiger partial charge in [0.15, 0.2) is 5.78 Å². The molecule has 2 aromatic rings. The molecule has 1 aliphatic rings. The predicted octanol–water partition coefficient (Wildman–Crippen LogP) is 3.35. The van der Waals surface area contributed by atoms with Gasteiger partial charge in [-0.3, -0.25) is 9.59 Å². The van der Waals surface area contributed by atoms with Crippen LogP contribution in [0.25, 0.3) is 17.2 Å². The number of carboxylic acid groups (broad SMARTS) is 1. The Hall–Kier alpha value is -3.21. The van der Waals surface area contributed by atoms with Gasteiger partial charge < -0.3 is 10.8 Å². The van der Waals surface area contributed by atoms with Crippen molar-refractivity contribution < 1.29 is 14.7 Å². The number of nitrogens with zero attached hydrogens (tertiary/aromatic N) is 1. The monoisotopic (exact) mass is 334 g/mol. The van der Waals surface area contributed by atoms with Crippen LogP contribution in [0.5, 0.6) is 0 Å². The number of carbonyl (C=O) groups is 2. The van der Waals surface area contributed by atoms with E-state index in [1.807, 2.05) is 36.4 Å². The predicted molar refractivity (Wildman–Crippen MR) is 97.8 cm³/mol. The highest BCUT2D eigenvalue weighted by atomic mass is 16.4. The Kier molecular flexibility index (Phi) is 4.48. The number of aliphatic carboxylic acids is 1. The van der Waals surface area contributed by atoms with Gasteiger partial charge in [-0.25, -0.2) is 4.99 Å². The molecule has 1 aliphatic heterocycles. The molecule has 0 radical (unpaired) electrons. The summed E-state index contributed by atoms with van der Waals surface area (Å²) in [6.45, 7) is 1.52. The summed E-state index contributed by atoms with van der Waals surface area (Å²) >= 11 is 0. The summed E-state index contributed by atoms with van der Waals surface area (Å²) in [5.41, 5.74) is 10.8. The van der Waals surface area contributed by atoms with Gasteiger partial charge in [0.25, 0.3) is 0 Å². The topological polar surface area (TPSA) is 92.8 Å². The number of carbonyl (C=O) groups excluding carboxylic acids is 1. The maximum Gasteiger partial charge on any atom is 0.307 e. The first-order chi connectivity index (χ1) is 11.9. The van der Waals surface area contributed by atoms with Crippen LogP contribution in [0.4, 0.5) is 5.69 Å². The Balaban J connectivity index is 1.97. The van der Waals surface area contributed by atoms with Crippen molar-refractivity contribution in [3.8, 4) is 11.1 Å². The first-order valence-electron chi connectivity index (χ1n) is 7.92. The molecule has 0 saturated heterocycles. The Labute approximate surface area is 145 Å². The molecule has 0 aromatic heterocycles. The molecule has 0 atom stereocenters. The van der Waals surface area contributed by atoms with E-state index in [9.17, 15) is 9.59 Å². The van der Waals surface area contributed by atoms with Crippen LogP contribution < -0.4 is 5.73 Å². The first-order valence-corrected chi connectivity index (χ1v) is 7.92. The van der Waals surface area contributed by atoms with Crippen molar-refractivity contribution in [2.45, 2.75) is 19.8 Å². The third-order valence-corrected chi connectivity index (χ3v) is 4.09. The first kappa shape index (κ1) is 16.6. The van der Waals surface area contributed by atoms with Crippen LogP contribution in [-0.4, -0.2) is 22.7 Å². The van der Waals surface area contributed by atoms with E-state index in [4.69, 9.17) is 10.8 Å². The highest BCUT2D eigenvalue weighted by Crippen LogP contribution is 2.31. The SMILES string of the molecule is CC(=O)C1=Cc2ccc(-c3ccc(CC(=O)O)cc3)cc2N=C(N)C1. The van der Waals surface area contributed by atoms with E-state index in [2.05, 4.69) is 4.99 Å². The third-order valence-electron chi connectivity index (χ3n) is 4.09. The number of carboxylic acids is 1. The molecule has 25 heavy (non-hydrogen) atoms. The molecule has 0 bridgehead atoms. The Morgan fingerprint density at radius 1 is 1.12 bits per heavy atom. The van der Waals surface area contributed by atoms with E-state index in [-0.39, 0.29) is 12.2 Å². The zero-order valence-corrected chi connectivity index (χ0v) is 13.8. The maximum absolute atomic E-state index is 11.7. The molecule has 1 heterocycles. The van der Waals surface area contributed by atoms with Gasteiger partial charge >= 0.3 is 5.97 Å². The van der Waals surface area contributed by atoms with Gasteiger partial charge in [0.2, 0.25) is 0 Å². The van der Waals surface area contributed by atoms with E-state index >= 15 is 0 Å². The summed E-state index contributed by atoms with van der Waals surface area (Å²) in [4.78, 5) is 26.9. The van der Waals surface area contributed by atoms with E-state index in [0.717, 1.165) is 27.9 Å². The van der Waals surface area contributed by atoms with Crippen LogP contribution in [0.2, 0.25) is 0 Å². The molecule has 0 spiro atoms. The largest absolute Gasteiger partial charge is 0.481 e. The maximum atomic E-state index is 11.7. The van der Waals surface area contributed by atoms with Gasteiger partial charge in [0.1, 0.15) is 5.84 Å². The number of Topliss-reactive ketones (excluding diaryl/α,β-unsaturated/α-hetero) is 1. The summed E-state index contributed by atoms with van der Waals surface area (Å²) in [5.74, 6) is -0.450. The van der Waals surface area contributed by atoms with Crippen LogP contribution >= 0.6 is 0 Å². The lowest BCUT2D eigenvalue weighted by molar-refractivity contribution is -0.136. The second-order valence-electron chi connectivity index (χ2n) is 6.05. The van der Waals surface area contributed by atoms with Crippen molar-refractivity contribution >= 4 is 29.4 Å². The van der Waals surface area contributed by atoms with Gasteiger partial charge in [0.05, 0.1) is 12.1 Å². The lowest BCUT2D eigenvalue weighted by atomic mass is 9.99. The molecule has 3 rings (SSSR count). The molecule has 0 unspecified atom stereocenters. The fourth-order valence-corrected chi connectivity index (χ4v) is 2.79. The highest BCUT2D eigenvalue weighted by molar-refractivity contribution is 6.05. The number of fused-ring (bicyclic) bond motifs is 1. The van der Waals surface area contributed by atoms with Crippen LogP contribution in [0.1, 0.15) is 24.5 Å². The Bertz CT molecular complexity index is 909. The summed E-state index contributed by atoms with van der Waals surface area (Å²) in [6.07, 6.45) is 2.19. The minimum atomic E-state index is -0.851. The van der Waals surface area contributed by atoms with Crippen LogP contribution in [0.3, 0.4) is 0 Å². The van der Waals surface area contributed by atoms with Crippen molar-refractivity contribution in [3.05, 3.63) is 59.2 Å². The Morgan fingerprint density at radius 3 is 2.44 bits per heavy atom. The normalized spacial score (nSPS) is 13.3. The summed E-state index contributed by atoms with van der Waals surface area (Å²) in [5, 5.41) is 8.84. The average molecular weight is 334 g/mol. The summed E-state index contributed by atoms with van der Waals surface area (Å²) < 4.78 is 0. The quantitative estimate of drug-likeness (QED) is 0.897. The van der Waals surface area contributed by atoms with Crippen LogP contribution in [-0.2, 0) is 16.0 Å². The second-order valence-corrected chi connectivity index (χ2v) is 6.05. The number of ketones is 1. The number of rotatable bonds is 4. The molecule has 0 amide bonds. The number of aliphatic imine (C=N–C) groups is 1. The minimum absolute atomic E-state index is 0.00388. The van der Waals surface area contributed by atoms with E-state index in [1.54, 1.807) is 12.1 Å². The van der Waals surface area contributed by atoms with Crippen molar-refractivity contribution in [1.82, 2.24) is 0 Å². The molecule has 0 aliphatic carbocycles. The van der Waals surface area contributed by atoms with E-state index in [1.165, 1.54) is 6.92 Å². The fourth-order valence-electron chi connectivity index (χ4n) is 2.79. The zero-order valence-electron chi connectivity index (χ0n) is 13.8. The molecule has 0 fully saturated rings. The van der Waals surface area contributed by atoms with Crippen molar-refractivity contribution in [2.24, 2.45) is 10.7 Å². The molecule has 126 valence electrons. The Morgan fingerprint density at radius 2 is 1.80 bits per heavy atom. The highest BCUT2D eigenvalue weighted by Gasteiger charge is 2.14. The molecule has 3 N–H and O–H groups in total. The lowest BCUT2D eigenvalue weighted by Gasteiger charge is -2.07. The fraction of sp³-hybridized carbons (Fsp3) is 0.150. The lowest BCUT2D eigenvalue weighted by Crippen LogP contribution is -2.13. The summed E-state index contributed by atoms with van der Waals surface area (Å²) in [7, 11) is 0. The molecule has 5 nitrogen and oxygen atoms in total. The molecule has 5 heteroatoms. The zero-order chi connectivity index (χ0) is 18.0. The number of benzene rings is 2. The molecular formula is C20H18N2O3. The van der Waals surface area contributed by atoms with E-state index in [0.29, 0.717) is 17.8 Å². The van der Waals surface area contributed by atoms with Gasteiger partial charge in [-0.05, 0) is 35.8 Å². The molecule has 2 aromatic carbocycles.